The van der Waals surface area contributed by atoms with Crippen molar-refractivity contribution in [2.24, 2.45) is 5.16 Å². The molecule has 3 nitrogen and oxygen atoms in total. The van der Waals surface area contributed by atoms with Gasteiger partial charge in [-0.25, -0.2) is 0 Å². The van der Waals surface area contributed by atoms with Crippen molar-refractivity contribution in [2.45, 2.75) is 34.1 Å². The van der Waals surface area contributed by atoms with Crippen molar-refractivity contribution in [1.82, 2.24) is 4.57 Å². The second kappa shape index (κ2) is 5.31. The Labute approximate surface area is 114 Å². The molecular formula is C16H20N2O. The maximum Gasteiger partial charge on any atom is 0.0752 e. The molecule has 1 aromatic heterocycles. The van der Waals surface area contributed by atoms with E-state index in [-0.39, 0.29) is 0 Å². The van der Waals surface area contributed by atoms with Crippen LogP contribution in [0.25, 0.3) is 5.69 Å². The number of hydrogen-bond acceptors (Lipinski definition) is 2. The molecule has 0 saturated carbocycles. The van der Waals surface area contributed by atoms with Crippen molar-refractivity contribution in [1.29, 1.82) is 0 Å². The lowest BCUT2D eigenvalue weighted by Gasteiger charge is -2.17. The van der Waals surface area contributed by atoms with E-state index in [0.29, 0.717) is 0 Å². The summed E-state index contributed by atoms with van der Waals surface area (Å²) < 4.78 is 2.24. The zero-order valence-corrected chi connectivity index (χ0v) is 11.9. The van der Waals surface area contributed by atoms with E-state index in [2.05, 4.69) is 55.6 Å². The quantitative estimate of drug-likeness (QED) is 0.506. The Balaban J connectivity index is 2.72. The second-order valence-electron chi connectivity index (χ2n) is 4.84. The van der Waals surface area contributed by atoms with E-state index >= 15 is 0 Å². The van der Waals surface area contributed by atoms with E-state index in [4.69, 9.17) is 5.21 Å². The fourth-order valence-electron chi connectivity index (χ4n) is 2.65. The van der Waals surface area contributed by atoms with Gasteiger partial charge in [0.15, 0.2) is 0 Å². The molecule has 0 saturated heterocycles. The zero-order valence-electron chi connectivity index (χ0n) is 11.9. The lowest BCUT2D eigenvalue weighted by molar-refractivity contribution is 0.322. The summed E-state index contributed by atoms with van der Waals surface area (Å²) in [5.41, 5.74) is 7.03. The predicted octanol–water partition coefficient (Wildman–Crippen LogP) is 3.77. The van der Waals surface area contributed by atoms with E-state index in [0.717, 1.165) is 23.4 Å². The highest BCUT2D eigenvalue weighted by Crippen LogP contribution is 2.26. The van der Waals surface area contributed by atoms with Crippen LogP contribution in [0.1, 0.15) is 35.0 Å². The first-order valence-corrected chi connectivity index (χ1v) is 6.55. The Kier molecular flexibility index (Phi) is 3.74. The average molecular weight is 256 g/mol. The van der Waals surface area contributed by atoms with E-state index in [1.807, 2.05) is 6.07 Å². The van der Waals surface area contributed by atoms with E-state index in [1.54, 1.807) is 0 Å². The Morgan fingerprint density at radius 1 is 1.26 bits per heavy atom. The van der Waals surface area contributed by atoms with Crippen LogP contribution in [0.2, 0.25) is 0 Å². The number of aryl methyl sites for hydroxylation is 3. The normalized spacial score (nSPS) is 11.4. The molecule has 0 bridgehead atoms. The summed E-state index contributed by atoms with van der Waals surface area (Å²) in [6.07, 6.45) is 2.49. The molecule has 0 amide bonds. The number of aromatic nitrogens is 1. The molecule has 0 fully saturated rings. The van der Waals surface area contributed by atoms with Crippen LogP contribution < -0.4 is 0 Å². The number of hydrogen-bond donors (Lipinski definition) is 1. The van der Waals surface area contributed by atoms with Gasteiger partial charge in [-0.2, -0.15) is 0 Å². The molecule has 2 aromatic rings. The van der Waals surface area contributed by atoms with Crippen LogP contribution in [0.15, 0.2) is 29.4 Å². The third-order valence-electron chi connectivity index (χ3n) is 3.59. The van der Waals surface area contributed by atoms with Crippen molar-refractivity contribution in [3.8, 4) is 5.69 Å². The van der Waals surface area contributed by atoms with Crippen LogP contribution in [0, 0.1) is 20.8 Å². The maximum absolute atomic E-state index is 8.73. The van der Waals surface area contributed by atoms with Crippen LogP contribution in [0.5, 0.6) is 0 Å². The van der Waals surface area contributed by atoms with Crippen LogP contribution in [0.3, 0.4) is 0 Å². The van der Waals surface area contributed by atoms with Gasteiger partial charge in [-0.1, -0.05) is 30.3 Å². The minimum atomic E-state index is 0.949. The monoisotopic (exact) mass is 256 g/mol. The molecule has 0 atom stereocenters. The first-order valence-electron chi connectivity index (χ1n) is 6.55. The molecule has 0 aliphatic heterocycles. The first-order chi connectivity index (χ1) is 9.10. The highest BCUT2D eigenvalue weighted by molar-refractivity contribution is 5.81. The van der Waals surface area contributed by atoms with Crippen LogP contribution in [-0.4, -0.2) is 16.0 Å². The van der Waals surface area contributed by atoms with Gasteiger partial charge in [0.1, 0.15) is 0 Å². The van der Waals surface area contributed by atoms with Gasteiger partial charge in [0, 0.05) is 17.0 Å². The van der Waals surface area contributed by atoms with Crippen molar-refractivity contribution < 1.29 is 5.21 Å². The zero-order chi connectivity index (χ0) is 14.0. The highest BCUT2D eigenvalue weighted by atomic mass is 16.4. The van der Waals surface area contributed by atoms with Crippen molar-refractivity contribution in [2.75, 3.05) is 0 Å². The smallest absolute Gasteiger partial charge is 0.0752 e. The molecule has 1 heterocycles. The Morgan fingerprint density at radius 2 is 2.00 bits per heavy atom. The molecule has 0 aliphatic carbocycles. The molecule has 19 heavy (non-hydrogen) atoms. The van der Waals surface area contributed by atoms with Crippen molar-refractivity contribution in [3.05, 3.63) is 52.3 Å². The number of para-hydroxylation sites is 1. The van der Waals surface area contributed by atoms with Crippen molar-refractivity contribution in [3.63, 3.8) is 0 Å². The maximum atomic E-state index is 8.73. The van der Waals surface area contributed by atoms with Crippen LogP contribution >= 0.6 is 0 Å². The standard InChI is InChI=1S/C16H20N2O/c1-5-14-8-6-7-11(2)16(14)18-12(3)9-15(10-17-19)13(18)4/h6-10,19H,5H2,1-4H3. The number of nitrogens with zero attached hydrogens (tertiary/aromatic N) is 2. The highest BCUT2D eigenvalue weighted by Gasteiger charge is 2.13. The van der Waals surface area contributed by atoms with Gasteiger partial charge in [-0.05, 0) is 44.4 Å². The van der Waals surface area contributed by atoms with Gasteiger partial charge < -0.3 is 9.77 Å². The van der Waals surface area contributed by atoms with Crippen molar-refractivity contribution >= 4 is 6.21 Å². The molecule has 0 radical (unpaired) electrons. The summed E-state index contributed by atoms with van der Waals surface area (Å²) in [5, 5.41) is 11.9. The van der Waals surface area contributed by atoms with Gasteiger partial charge in [-0.15, -0.1) is 0 Å². The lowest BCUT2D eigenvalue weighted by atomic mass is 10.1. The number of benzene rings is 1. The average Bonchev–Trinajstić information content (AvgIpc) is 2.65. The first kappa shape index (κ1) is 13.4. The van der Waals surface area contributed by atoms with E-state index < -0.39 is 0 Å². The molecule has 2 rings (SSSR count). The Bertz CT molecular complexity index is 624. The van der Waals surface area contributed by atoms with E-state index in [9.17, 15) is 0 Å². The van der Waals surface area contributed by atoms with Gasteiger partial charge in [0.25, 0.3) is 0 Å². The van der Waals surface area contributed by atoms with Crippen LogP contribution in [-0.2, 0) is 6.42 Å². The lowest BCUT2D eigenvalue weighted by Crippen LogP contribution is -2.05. The third-order valence-corrected chi connectivity index (χ3v) is 3.59. The second-order valence-corrected chi connectivity index (χ2v) is 4.84. The summed E-state index contributed by atoms with van der Waals surface area (Å²) in [7, 11) is 0. The van der Waals surface area contributed by atoms with Gasteiger partial charge >= 0.3 is 0 Å². The summed E-state index contributed by atoms with van der Waals surface area (Å²) in [6.45, 7) is 8.43. The summed E-state index contributed by atoms with van der Waals surface area (Å²) in [5.74, 6) is 0. The summed E-state index contributed by atoms with van der Waals surface area (Å²) in [6, 6.07) is 8.44. The topological polar surface area (TPSA) is 37.5 Å². The minimum absolute atomic E-state index is 0.949. The molecular weight excluding hydrogens is 236 g/mol. The Hall–Kier alpha value is -2.03. The molecule has 0 spiro atoms. The molecule has 1 aromatic carbocycles. The minimum Gasteiger partial charge on any atom is -0.411 e. The molecule has 100 valence electrons. The summed E-state index contributed by atoms with van der Waals surface area (Å²) in [4.78, 5) is 0. The van der Waals surface area contributed by atoms with Crippen LogP contribution in [0.4, 0.5) is 0 Å². The summed E-state index contributed by atoms with van der Waals surface area (Å²) >= 11 is 0. The fraction of sp³-hybridized carbons (Fsp3) is 0.312. The largest absolute Gasteiger partial charge is 0.411 e. The molecule has 0 aliphatic rings. The fourth-order valence-corrected chi connectivity index (χ4v) is 2.65. The third kappa shape index (κ3) is 2.28. The van der Waals surface area contributed by atoms with Gasteiger partial charge in [0.2, 0.25) is 0 Å². The predicted molar refractivity (Wildman–Crippen MR) is 78.7 cm³/mol. The molecule has 0 unspecified atom stereocenters. The Morgan fingerprint density at radius 3 is 2.63 bits per heavy atom. The van der Waals surface area contributed by atoms with E-state index in [1.165, 1.54) is 23.0 Å². The SMILES string of the molecule is CCc1cccc(C)c1-n1c(C)cc(C=NO)c1C. The number of rotatable bonds is 3. The molecule has 1 N–H and O–H groups in total. The van der Waals surface area contributed by atoms with Gasteiger partial charge in [0.05, 0.1) is 11.9 Å². The number of oxime groups is 1. The molecule has 3 heteroatoms. The van der Waals surface area contributed by atoms with Gasteiger partial charge in [-0.3, -0.25) is 0 Å².